The standard InChI is InChI=1S/C22H23ClN4O/c23-19-8-4-5-9-21(19)25-22(28)24-17-12-10-16(11-13-17)20-14-15-27(26-20)18-6-2-1-3-7-18/h4-5,8-15,18H,1-3,6-7H2,(H2,24,25,28). The highest BCUT2D eigenvalue weighted by Crippen LogP contribution is 2.29. The van der Waals surface area contributed by atoms with Crippen molar-refractivity contribution in [2.45, 2.75) is 38.1 Å². The lowest BCUT2D eigenvalue weighted by atomic mass is 9.96. The van der Waals surface area contributed by atoms with Crippen LogP contribution in [0, 0.1) is 0 Å². The molecule has 3 aromatic rings. The van der Waals surface area contributed by atoms with Crippen LogP contribution in [-0.4, -0.2) is 15.8 Å². The molecule has 5 nitrogen and oxygen atoms in total. The lowest BCUT2D eigenvalue weighted by Gasteiger charge is -2.21. The van der Waals surface area contributed by atoms with Gasteiger partial charge in [0.05, 0.1) is 22.4 Å². The van der Waals surface area contributed by atoms with Crippen LogP contribution in [0.15, 0.2) is 60.8 Å². The minimum Gasteiger partial charge on any atom is -0.308 e. The molecule has 0 saturated heterocycles. The van der Waals surface area contributed by atoms with Crippen LogP contribution in [-0.2, 0) is 0 Å². The first kappa shape index (κ1) is 18.6. The van der Waals surface area contributed by atoms with Gasteiger partial charge in [0.15, 0.2) is 0 Å². The molecule has 1 aromatic heterocycles. The van der Waals surface area contributed by atoms with Crippen LogP contribution in [0.1, 0.15) is 38.1 Å². The molecule has 144 valence electrons. The first-order valence-corrected chi connectivity index (χ1v) is 10.0. The number of nitrogens with one attached hydrogen (secondary N) is 2. The molecule has 28 heavy (non-hydrogen) atoms. The zero-order valence-corrected chi connectivity index (χ0v) is 16.3. The number of rotatable bonds is 4. The van der Waals surface area contributed by atoms with Gasteiger partial charge >= 0.3 is 6.03 Å². The summed E-state index contributed by atoms with van der Waals surface area (Å²) in [6, 6.07) is 17.1. The number of carbonyl (C=O) groups excluding carboxylic acids is 1. The maximum Gasteiger partial charge on any atom is 0.323 e. The molecule has 6 heteroatoms. The molecule has 1 fully saturated rings. The number of urea groups is 1. The van der Waals surface area contributed by atoms with Gasteiger partial charge in [-0.15, -0.1) is 0 Å². The zero-order chi connectivity index (χ0) is 19.3. The van der Waals surface area contributed by atoms with E-state index in [4.69, 9.17) is 16.7 Å². The van der Waals surface area contributed by atoms with Crippen molar-refractivity contribution < 1.29 is 4.79 Å². The topological polar surface area (TPSA) is 59.0 Å². The van der Waals surface area contributed by atoms with Crippen molar-refractivity contribution >= 4 is 29.0 Å². The predicted molar refractivity (Wildman–Crippen MR) is 114 cm³/mol. The van der Waals surface area contributed by atoms with E-state index in [1.807, 2.05) is 36.4 Å². The third-order valence-corrected chi connectivity index (χ3v) is 5.45. The third kappa shape index (κ3) is 4.37. The van der Waals surface area contributed by atoms with Gasteiger partial charge in [-0.05, 0) is 43.2 Å². The molecule has 1 saturated carbocycles. The minimum absolute atomic E-state index is 0.331. The van der Waals surface area contributed by atoms with Crippen LogP contribution in [0.5, 0.6) is 0 Å². The summed E-state index contributed by atoms with van der Waals surface area (Å²) >= 11 is 6.07. The Kier molecular flexibility index (Phi) is 5.63. The van der Waals surface area contributed by atoms with Crippen molar-refractivity contribution in [1.82, 2.24) is 9.78 Å². The lowest BCUT2D eigenvalue weighted by molar-refractivity contribution is 0.262. The number of para-hydroxylation sites is 1. The van der Waals surface area contributed by atoms with Gasteiger partial charge in [-0.3, -0.25) is 4.68 Å². The molecule has 2 N–H and O–H groups in total. The van der Waals surface area contributed by atoms with Crippen LogP contribution in [0.25, 0.3) is 11.3 Å². The molecule has 2 aromatic carbocycles. The maximum atomic E-state index is 12.2. The van der Waals surface area contributed by atoms with E-state index in [9.17, 15) is 4.79 Å². The summed E-state index contributed by atoms with van der Waals surface area (Å²) in [7, 11) is 0. The van der Waals surface area contributed by atoms with Crippen LogP contribution >= 0.6 is 11.6 Å². The molecule has 0 atom stereocenters. The van der Waals surface area contributed by atoms with Crippen LogP contribution < -0.4 is 10.6 Å². The van der Waals surface area contributed by atoms with Crippen molar-refractivity contribution in [1.29, 1.82) is 0 Å². The Morgan fingerprint density at radius 2 is 1.71 bits per heavy atom. The molecule has 1 heterocycles. The van der Waals surface area contributed by atoms with Gasteiger partial charge in [0.25, 0.3) is 0 Å². The average Bonchev–Trinajstić information content (AvgIpc) is 3.21. The number of hydrogen-bond acceptors (Lipinski definition) is 2. The van der Waals surface area contributed by atoms with E-state index in [1.165, 1.54) is 32.1 Å². The van der Waals surface area contributed by atoms with Gasteiger partial charge in [-0.25, -0.2) is 4.79 Å². The predicted octanol–water partition coefficient (Wildman–Crippen LogP) is 6.35. The molecule has 2 amide bonds. The van der Waals surface area contributed by atoms with Crippen molar-refractivity contribution in [3.8, 4) is 11.3 Å². The second kappa shape index (κ2) is 8.48. The Balaban J connectivity index is 1.39. The highest BCUT2D eigenvalue weighted by atomic mass is 35.5. The Labute approximate surface area is 169 Å². The van der Waals surface area contributed by atoms with Gasteiger partial charge in [0.2, 0.25) is 0 Å². The molecule has 1 aliphatic rings. The largest absolute Gasteiger partial charge is 0.323 e. The lowest BCUT2D eigenvalue weighted by Crippen LogP contribution is -2.19. The van der Waals surface area contributed by atoms with E-state index >= 15 is 0 Å². The number of anilines is 2. The number of amides is 2. The van der Waals surface area contributed by atoms with E-state index in [0.29, 0.717) is 22.4 Å². The van der Waals surface area contributed by atoms with Gasteiger partial charge < -0.3 is 10.6 Å². The highest BCUT2D eigenvalue weighted by Gasteiger charge is 2.16. The van der Waals surface area contributed by atoms with Gasteiger partial charge in [0.1, 0.15) is 0 Å². The normalized spacial score (nSPS) is 14.6. The SMILES string of the molecule is O=C(Nc1ccc(-c2ccn(C3CCCCC3)n2)cc1)Nc1ccccc1Cl. The fourth-order valence-electron chi connectivity index (χ4n) is 3.61. The van der Waals surface area contributed by atoms with E-state index in [2.05, 4.69) is 27.6 Å². The summed E-state index contributed by atoms with van der Waals surface area (Å²) < 4.78 is 2.11. The van der Waals surface area contributed by atoms with Crippen molar-refractivity contribution in [3.63, 3.8) is 0 Å². The van der Waals surface area contributed by atoms with Crippen molar-refractivity contribution in [2.75, 3.05) is 10.6 Å². The van der Waals surface area contributed by atoms with E-state index in [1.54, 1.807) is 12.1 Å². The van der Waals surface area contributed by atoms with E-state index < -0.39 is 0 Å². The molecule has 1 aliphatic carbocycles. The molecule has 0 aliphatic heterocycles. The summed E-state index contributed by atoms with van der Waals surface area (Å²) in [5.41, 5.74) is 3.27. The number of aromatic nitrogens is 2. The molecule has 0 radical (unpaired) electrons. The Bertz CT molecular complexity index is 945. The fraction of sp³-hybridized carbons (Fsp3) is 0.273. The smallest absolute Gasteiger partial charge is 0.308 e. The highest BCUT2D eigenvalue weighted by molar-refractivity contribution is 6.33. The van der Waals surface area contributed by atoms with Gasteiger partial charge in [0, 0.05) is 17.4 Å². The summed E-state index contributed by atoms with van der Waals surface area (Å²) in [6.45, 7) is 0. The quantitative estimate of drug-likeness (QED) is 0.541. The van der Waals surface area contributed by atoms with Gasteiger partial charge in [-0.1, -0.05) is 55.1 Å². The van der Waals surface area contributed by atoms with Crippen molar-refractivity contribution in [3.05, 3.63) is 65.8 Å². The van der Waals surface area contributed by atoms with E-state index in [-0.39, 0.29) is 6.03 Å². The van der Waals surface area contributed by atoms with Crippen LogP contribution in [0.4, 0.5) is 16.2 Å². The minimum atomic E-state index is -0.331. The number of hydrogen-bond donors (Lipinski definition) is 2. The second-order valence-corrected chi connectivity index (χ2v) is 7.52. The molecule has 0 bridgehead atoms. The number of carbonyl (C=O) groups is 1. The molecule has 4 rings (SSSR count). The first-order valence-electron chi connectivity index (χ1n) is 9.67. The van der Waals surface area contributed by atoms with Crippen LogP contribution in [0.2, 0.25) is 5.02 Å². The average molecular weight is 395 g/mol. The zero-order valence-electron chi connectivity index (χ0n) is 15.6. The summed E-state index contributed by atoms with van der Waals surface area (Å²) in [6.07, 6.45) is 8.42. The second-order valence-electron chi connectivity index (χ2n) is 7.11. The maximum absolute atomic E-state index is 12.2. The Hall–Kier alpha value is -2.79. The fourth-order valence-corrected chi connectivity index (χ4v) is 3.80. The van der Waals surface area contributed by atoms with Gasteiger partial charge in [-0.2, -0.15) is 5.10 Å². The summed E-state index contributed by atoms with van der Waals surface area (Å²) in [4.78, 5) is 12.2. The van der Waals surface area contributed by atoms with Crippen molar-refractivity contribution in [2.24, 2.45) is 0 Å². The Morgan fingerprint density at radius 3 is 2.46 bits per heavy atom. The molecular weight excluding hydrogens is 372 g/mol. The Morgan fingerprint density at radius 1 is 0.964 bits per heavy atom. The first-order chi connectivity index (χ1) is 13.7. The van der Waals surface area contributed by atoms with Crippen LogP contribution in [0.3, 0.4) is 0 Å². The number of halogens is 1. The molecule has 0 spiro atoms. The molecular formula is C22H23ClN4O. The monoisotopic (exact) mass is 394 g/mol. The number of nitrogens with zero attached hydrogens (tertiary/aromatic N) is 2. The van der Waals surface area contributed by atoms with E-state index in [0.717, 1.165) is 11.3 Å². The number of benzene rings is 2. The summed E-state index contributed by atoms with van der Waals surface area (Å²) in [5.74, 6) is 0. The molecule has 0 unspecified atom stereocenters. The summed E-state index contributed by atoms with van der Waals surface area (Å²) in [5, 5.41) is 10.8. The third-order valence-electron chi connectivity index (χ3n) is 5.12.